The Labute approximate surface area is 209 Å². The van der Waals surface area contributed by atoms with Crippen molar-refractivity contribution in [1.82, 2.24) is 15.8 Å². The third-order valence-electron chi connectivity index (χ3n) is 6.92. The summed E-state index contributed by atoms with van der Waals surface area (Å²) in [5.74, 6) is -0.189. The first-order chi connectivity index (χ1) is 17.2. The zero-order valence-electron chi connectivity index (χ0n) is 21.0. The maximum Gasteiger partial charge on any atom is 0.241 e. The zero-order valence-corrected chi connectivity index (χ0v) is 21.0. The molecule has 3 N–H and O–H groups in total. The minimum atomic E-state index is -0.186. The van der Waals surface area contributed by atoms with E-state index in [1.165, 1.54) is 11.1 Å². The lowest BCUT2D eigenvalue weighted by atomic mass is 9.94. The maximum absolute atomic E-state index is 12.6. The molecule has 0 bridgehead atoms. The first kappa shape index (κ1) is 24.8. The Balaban J connectivity index is 1.56. The van der Waals surface area contributed by atoms with E-state index in [-0.39, 0.29) is 17.9 Å². The summed E-state index contributed by atoms with van der Waals surface area (Å²) >= 11 is 0. The van der Waals surface area contributed by atoms with E-state index >= 15 is 0 Å². The van der Waals surface area contributed by atoms with Crippen molar-refractivity contribution in [2.24, 2.45) is 0 Å². The Kier molecular flexibility index (Phi) is 8.40. The Morgan fingerprint density at radius 1 is 0.829 bits per heavy atom. The van der Waals surface area contributed by atoms with Gasteiger partial charge in [0.1, 0.15) is 0 Å². The van der Waals surface area contributed by atoms with E-state index in [1.807, 2.05) is 7.05 Å². The van der Waals surface area contributed by atoms with Gasteiger partial charge in [0.15, 0.2) is 0 Å². The SMILES string of the molecule is CCC(C(=O)NNC)c1ccc(NC)c(N2CCN(C(c3ccccc3)c3ccccc3)CC2)c1. The normalized spacial score (nSPS) is 15.1. The van der Waals surface area contributed by atoms with Crippen LogP contribution in [0.15, 0.2) is 78.9 Å². The fourth-order valence-corrected chi connectivity index (χ4v) is 5.13. The molecule has 1 fully saturated rings. The largest absolute Gasteiger partial charge is 0.386 e. The number of nitrogens with one attached hydrogen (secondary N) is 3. The molecule has 1 unspecified atom stereocenters. The molecule has 4 rings (SSSR count). The summed E-state index contributed by atoms with van der Waals surface area (Å²) in [6, 6.07) is 28.2. The molecule has 1 saturated heterocycles. The van der Waals surface area contributed by atoms with Crippen LogP contribution >= 0.6 is 0 Å². The number of carbonyl (C=O) groups is 1. The van der Waals surface area contributed by atoms with Gasteiger partial charge < -0.3 is 10.2 Å². The number of piperazine rings is 1. The number of nitrogens with zero attached hydrogens (tertiary/aromatic N) is 2. The first-order valence-corrected chi connectivity index (χ1v) is 12.5. The molecule has 3 aromatic rings. The summed E-state index contributed by atoms with van der Waals surface area (Å²) in [4.78, 5) is 17.6. The van der Waals surface area contributed by atoms with Crippen molar-refractivity contribution >= 4 is 17.3 Å². The molecule has 0 saturated carbocycles. The zero-order chi connectivity index (χ0) is 24.6. The molecule has 184 valence electrons. The molecule has 1 amide bonds. The fourth-order valence-electron chi connectivity index (χ4n) is 5.13. The van der Waals surface area contributed by atoms with Crippen molar-refractivity contribution < 1.29 is 4.79 Å². The monoisotopic (exact) mass is 471 g/mol. The number of hydrazine groups is 1. The Morgan fingerprint density at radius 3 is 1.94 bits per heavy atom. The number of hydrogen-bond donors (Lipinski definition) is 3. The van der Waals surface area contributed by atoms with Crippen molar-refractivity contribution in [3.63, 3.8) is 0 Å². The topological polar surface area (TPSA) is 59.6 Å². The molecule has 6 heteroatoms. The second kappa shape index (κ2) is 11.9. The molecule has 1 aliphatic rings. The second-order valence-electron chi connectivity index (χ2n) is 8.97. The lowest BCUT2D eigenvalue weighted by Crippen LogP contribution is -2.48. The van der Waals surface area contributed by atoms with Crippen LogP contribution in [0.25, 0.3) is 0 Å². The molecule has 0 radical (unpaired) electrons. The quantitative estimate of drug-likeness (QED) is 0.404. The summed E-state index contributed by atoms with van der Waals surface area (Å²) in [5, 5.41) is 3.35. The number of benzene rings is 3. The highest BCUT2D eigenvalue weighted by molar-refractivity contribution is 5.84. The van der Waals surface area contributed by atoms with Crippen LogP contribution in [0.5, 0.6) is 0 Å². The molecule has 0 spiro atoms. The van der Waals surface area contributed by atoms with Crippen molar-refractivity contribution in [2.45, 2.75) is 25.3 Å². The van der Waals surface area contributed by atoms with Gasteiger partial charge in [-0.3, -0.25) is 15.1 Å². The van der Waals surface area contributed by atoms with Crippen LogP contribution in [0.4, 0.5) is 11.4 Å². The van der Waals surface area contributed by atoms with Crippen LogP contribution in [0.1, 0.15) is 42.0 Å². The number of carbonyl (C=O) groups excluding carboxylic acids is 1. The van der Waals surface area contributed by atoms with Crippen LogP contribution < -0.4 is 21.1 Å². The predicted octanol–water partition coefficient (Wildman–Crippen LogP) is 4.38. The highest BCUT2D eigenvalue weighted by atomic mass is 16.2. The molecule has 3 aromatic carbocycles. The van der Waals surface area contributed by atoms with Gasteiger partial charge in [0, 0.05) is 40.3 Å². The summed E-state index contributed by atoms with van der Waals surface area (Å²) in [6.07, 6.45) is 0.745. The Bertz CT molecular complexity index is 1040. The Morgan fingerprint density at radius 2 is 1.43 bits per heavy atom. The van der Waals surface area contributed by atoms with Crippen LogP contribution in [0.2, 0.25) is 0 Å². The third kappa shape index (κ3) is 5.66. The molecule has 0 aromatic heterocycles. The lowest BCUT2D eigenvalue weighted by molar-refractivity contribution is -0.123. The van der Waals surface area contributed by atoms with E-state index in [1.54, 1.807) is 7.05 Å². The van der Waals surface area contributed by atoms with Gasteiger partial charge in [0.2, 0.25) is 5.91 Å². The highest BCUT2D eigenvalue weighted by Gasteiger charge is 2.28. The lowest BCUT2D eigenvalue weighted by Gasteiger charge is -2.41. The van der Waals surface area contributed by atoms with Crippen LogP contribution in [-0.4, -0.2) is 51.1 Å². The molecular weight excluding hydrogens is 434 g/mol. The van der Waals surface area contributed by atoms with Crippen molar-refractivity contribution in [2.75, 3.05) is 50.5 Å². The minimum Gasteiger partial charge on any atom is -0.386 e. The predicted molar refractivity (Wildman–Crippen MR) is 145 cm³/mol. The molecule has 35 heavy (non-hydrogen) atoms. The fraction of sp³-hybridized carbons (Fsp3) is 0.345. The Hall–Kier alpha value is -3.35. The van der Waals surface area contributed by atoms with E-state index < -0.39 is 0 Å². The average Bonchev–Trinajstić information content (AvgIpc) is 2.91. The number of hydrogen-bond acceptors (Lipinski definition) is 5. The van der Waals surface area contributed by atoms with Crippen LogP contribution in [0.3, 0.4) is 0 Å². The molecule has 0 aliphatic carbocycles. The van der Waals surface area contributed by atoms with Crippen LogP contribution in [0, 0.1) is 0 Å². The first-order valence-electron chi connectivity index (χ1n) is 12.5. The van der Waals surface area contributed by atoms with Gasteiger partial charge in [-0.25, -0.2) is 5.43 Å². The van der Waals surface area contributed by atoms with Gasteiger partial charge in [0.05, 0.1) is 23.3 Å². The van der Waals surface area contributed by atoms with Gasteiger partial charge in [-0.05, 0) is 35.2 Å². The summed E-state index contributed by atoms with van der Waals surface area (Å²) in [7, 11) is 3.68. The van der Waals surface area contributed by atoms with Crippen molar-refractivity contribution in [3.05, 3.63) is 95.6 Å². The van der Waals surface area contributed by atoms with Gasteiger partial charge in [-0.15, -0.1) is 0 Å². The second-order valence-corrected chi connectivity index (χ2v) is 8.97. The van der Waals surface area contributed by atoms with Gasteiger partial charge in [-0.1, -0.05) is 73.7 Å². The number of amides is 1. The van der Waals surface area contributed by atoms with E-state index in [0.717, 1.165) is 49.5 Å². The molecule has 1 aliphatic heterocycles. The van der Waals surface area contributed by atoms with E-state index in [0.29, 0.717) is 0 Å². The smallest absolute Gasteiger partial charge is 0.241 e. The minimum absolute atomic E-state index is 0.00320. The number of anilines is 2. The summed E-state index contributed by atoms with van der Waals surface area (Å²) < 4.78 is 0. The standard InChI is InChI=1S/C29H37N5O/c1-4-25(29(35)32-31-3)24-15-16-26(30-2)27(21-24)33-17-19-34(20-18-33)28(22-11-7-5-8-12-22)23-13-9-6-10-14-23/h5-16,21,25,28,30-31H,4,17-20H2,1-3H3,(H,32,35). The van der Waals surface area contributed by atoms with Crippen LogP contribution in [-0.2, 0) is 4.79 Å². The third-order valence-corrected chi connectivity index (χ3v) is 6.92. The number of rotatable bonds is 9. The summed E-state index contributed by atoms with van der Waals surface area (Å²) in [6.45, 7) is 5.82. The molecule has 1 atom stereocenters. The van der Waals surface area contributed by atoms with Crippen molar-refractivity contribution in [3.8, 4) is 0 Å². The maximum atomic E-state index is 12.6. The van der Waals surface area contributed by atoms with E-state index in [9.17, 15) is 4.79 Å². The van der Waals surface area contributed by atoms with E-state index in [2.05, 4.69) is 112 Å². The molecular formula is C29H37N5O. The van der Waals surface area contributed by atoms with Gasteiger partial charge >= 0.3 is 0 Å². The van der Waals surface area contributed by atoms with E-state index in [4.69, 9.17) is 0 Å². The summed E-state index contributed by atoms with van der Waals surface area (Å²) in [5.41, 5.74) is 11.5. The molecule has 1 heterocycles. The van der Waals surface area contributed by atoms with Gasteiger partial charge in [0.25, 0.3) is 0 Å². The highest BCUT2D eigenvalue weighted by Crippen LogP contribution is 2.34. The van der Waals surface area contributed by atoms with Gasteiger partial charge in [-0.2, -0.15) is 0 Å². The average molecular weight is 472 g/mol. The van der Waals surface area contributed by atoms with Crippen molar-refractivity contribution in [1.29, 1.82) is 0 Å². The molecule has 6 nitrogen and oxygen atoms in total.